The van der Waals surface area contributed by atoms with Crippen LogP contribution in [0.15, 0.2) is 36.9 Å². The number of hydrogen-bond acceptors (Lipinski definition) is 3. The molecule has 1 rings (SSSR count). The zero-order valence-electron chi connectivity index (χ0n) is 15.3. The van der Waals surface area contributed by atoms with Gasteiger partial charge in [0.1, 0.15) is 0 Å². The standard InChI is InChI=1S/C21H27NO3/c1-5-10-17-13-18(21(24)19(14-17)25-4)11-8-6-7-9-12-20(23)22-15-16(2)3/h5,9,12-14,16,24H,1,6-7,10,15H2,2-4H3,(H,22,23)/b12-9+. The molecule has 0 saturated heterocycles. The first kappa shape index (κ1) is 20.4. The normalized spacial score (nSPS) is 10.4. The summed E-state index contributed by atoms with van der Waals surface area (Å²) in [5.74, 6) is 6.79. The van der Waals surface area contributed by atoms with Crippen LogP contribution in [0.1, 0.15) is 37.8 Å². The Morgan fingerprint density at radius 3 is 2.84 bits per heavy atom. The van der Waals surface area contributed by atoms with Crippen molar-refractivity contribution in [2.45, 2.75) is 33.1 Å². The number of methoxy groups -OCH3 is 1. The number of phenols is 1. The fourth-order valence-corrected chi connectivity index (χ4v) is 2.07. The van der Waals surface area contributed by atoms with Gasteiger partial charge in [0.2, 0.25) is 5.91 Å². The molecule has 1 aromatic carbocycles. The van der Waals surface area contributed by atoms with Gasteiger partial charge in [-0.05, 0) is 42.5 Å². The fourth-order valence-electron chi connectivity index (χ4n) is 2.07. The van der Waals surface area contributed by atoms with Gasteiger partial charge in [0, 0.05) is 13.0 Å². The number of rotatable bonds is 8. The lowest BCUT2D eigenvalue weighted by Gasteiger charge is -2.07. The molecule has 4 nitrogen and oxygen atoms in total. The van der Waals surface area contributed by atoms with Crippen molar-refractivity contribution in [3.05, 3.63) is 48.1 Å². The number of benzene rings is 1. The van der Waals surface area contributed by atoms with E-state index in [0.717, 1.165) is 5.56 Å². The van der Waals surface area contributed by atoms with E-state index in [9.17, 15) is 9.90 Å². The first-order valence-electron chi connectivity index (χ1n) is 8.42. The molecular weight excluding hydrogens is 314 g/mol. The largest absolute Gasteiger partial charge is 0.503 e. The second-order valence-corrected chi connectivity index (χ2v) is 6.07. The van der Waals surface area contributed by atoms with E-state index in [1.54, 1.807) is 18.2 Å². The summed E-state index contributed by atoms with van der Waals surface area (Å²) in [4.78, 5) is 11.5. The number of carbonyl (C=O) groups excluding carboxylic acids is 1. The average Bonchev–Trinajstić information content (AvgIpc) is 2.58. The fraction of sp³-hybridized carbons (Fsp3) is 0.381. The van der Waals surface area contributed by atoms with Crippen molar-refractivity contribution in [2.24, 2.45) is 5.92 Å². The summed E-state index contributed by atoms with van der Waals surface area (Å²) in [6.45, 7) is 8.49. The number of amides is 1. The Labute approximate surface area is 150 Å². The number of ether oxygens (including phenoxy) is 1. The molecular formula is C21H27NO3. The highest BCUT2D eigenvalue weighted by Crippen LogP contribution is 2.31. The third-order valence-corrected chi connectivity index (χ3v) is 3.35. The van der Waals surface area contributed by atoms with Crippen LogP contribution in [0.5, 0.6) is 11.5 Å². The molecule has 25 heavy (non-hydrogen) atoms. The van der Waals surface area contributed by atoms with Gasteiger partial charge in [-0.2, -0.15) is 0 Å². The molecule has 0 radical (unpaired) electrons. The molecule has 0 aromatic heterocycles. The highest BCUT2D eigenvalue weighted by molar-refractivity contribution is 5.87. The van der Waals surface area contributed by atoms with Crippen LogP contribution in [-0.4, -0.2) is 24.7 Å². The third-order valence-electron chi connectivity index (χ3n) is 3.35. The minimum absolute atomic E-state index is 0.0476. The molecule has 0 aliphatic heterocycles. The SMILES string of the molecule is C=CCc1cc(C#CCC/C=C/C(=O)NCC(C)C)c(O)c(OC)c1. The Kier molecular flexibility index (Phi) is 8.95. The first-order valence-corrected chi connectivity index (χ1v) is 8.42. The van der Waals surface area contributed by atoms with E-state index in [1.165, 1.54) is 13.2 Å². The van der Waals surface area contributed by atoms with Crippen molar-refractivity contribution in [1.82, 2.24) is 5.32 Å². The molecule has 0 saturated carbocycles. The van der Waals surface area contributed by atoms with Gasteiger partial charge in [0.05, 0.1) is 12.7 Å². The monoisotopic (exact) mass is 341 g/mol. The minimum Gasteiger partial charge on any atom is -0.503 e. The van der Waals surface area contributed by atoms with Crippen molar-refractivity contribution in [1.29, 1.82) is 0 Å². The highest BCUT2D eigenvalue weighted by atomic mass is 16.5. The molecule has 0 fully saturated rings. The molecule has 0 aliphatic carbocycles. The summed E-state index contributed by atoms with van der Waals surface area (Å²) in [6.07, 6.45) is 7.08. The molecule has 134 valence electrons. The van der Waals surface area contributed by atoms with Gasteiger partial charge in [0.15, 0.2) is 11.5 Å². The van der Waals surface area contributed by atoms with Crippen LogP contribution in [-0.2, 0) is 11.2 Å². The second kappa shape index (κ2) is 11.0. The molecule has 1 amide bonds. The quantitative estimate of drug-likeness (QED) is 0.329. The lowest BCUT2D eigenvalue weighted by atomic mass is 10.1. The molecule has 2 N–H and O–H groups in total. The predicted octanol–water partition coefficient (Wildman–Crippen LogP) is 3.59. The average molecular weight is 341 g/mol. The molecule has 0 bridgehead atoms. The highest BCUT2D eigenvalue weighted by Gasteiger charge is 2.08. The van der Waals surface area contributed by atoms with Crippen molar-refractivity contribution in [3.63, 3.8) is 0 Å². The third kappa shape index (κ3) is 7.63. The van der Waals surface area contributed by atoms with Crippen LogP contribution in [0.4, 0.5) is 0 Å². The summed E-state index contributed by atoms with van der Waals surface area (Å²) in [5.41, 5.74) is 1.52. The number of allylic oxidation sites excluding steroid dienone is 2. The van der Waals surface area contributed by atoms with Gasteiger partial charge >= 0.3 is 0 Å². The van der Waals surface area contributed by atoms with E-state index in [2.05, 4.69) is 23.7 Å². The van der Waals surface area contributed by atoms with Crippen molar-refractivity contribution >= 4 is 5.91 Å². The maximum atomic E-state index is 11.5. The number of aromatic hydroxyl groups is 1. The zero-order valence-corrected chi connectivity index (χ0v) is 15.3. The summed E-state index contributed by atoms with van der Waals surface area (Å²) < 4.78 is 5.18. The van der Waals surface area contributed by atoms with Crippen LogP contribution in [0.2, 0.25) is 0 Å². The number of phenolic OH excluding ortho intramolecular Hbond substituents is 1. The van der Waals surface area contributed by atoms with E-state index in [4.69, 9.17) is 4.74 Å². The topological polar surface area (TPSA) is 58.6 Å². The Bertz CT molecular complexity index is 678. The van der Waals surface area contributed by atoms with Crippen LogP contribution < -0.4 is 10.1 Å². The predicted molar refractivity (Wildman–Crippen MR) is 102 cm³/mol. The Hall–Kier alpha value is -2.67. The second-order valence-electron chi connectivity index (χ2n) is 6.07. The number of hydrogen-bond donors (Lipinski definition) is 2. The molecule has 0 heterocycles. The Morgan fingerprint density at radius 1 is 1.44 bits per heavy atom. The maximum absolute atomic E-state index is 11.5. The van der Waals surface area contributed by atoms with Crippen LogP contribution in [0, 0.1) is 17.8 Å². The van der Waals surface area contributed by atoms with Crippen molar-refractivity contribution < 1.29 is 14.6 Å². The molecule has 0 atom stereocenters. The molecule has 0 aliphatic rings. The van der Waals surface area contributed by atoms with E-state index < -0.39 is 0 Å². The van der Waals surface area contributed by atoms with E-state index in [1.807, 2.05) is 19.9 Å². The number of nitrogens with one attached hydrogen (secondary N) is 1. The molecule has 0 spiro atoms. The first-order chi connectivity index (χ1) is 12.0. The van der Waals surface area contributed by atoms with Crippen molar-refractivity contribution in [2.75, 3.05) is 13.7 Å². The van der Waals surface area contributed by atoms with Crippen LogP contribution in [0.3, 0.4) is 0 Å². The van der Waals surface area contributed by atoms with E-state index >= 15 is 0 Å². The Morgan fingerprint density at radius 2 is 2.20 bits per heavy atom. The molecule has 1 aromatic rings. The summed E-state index contributed by atoms with van der Waals surface area (Å²) in [7, 11) is 1.51. The van der Waals surface area contributed by atoms with Gasteiger partial charge in [-0.1, -0.05) is 37.8 Å². The van der Waals surface area contributed by atoms with E-state index in [-0.39, 0.29) is 11.7 Å². The van der Waals surface area contributed by atoms with Crippen LogP contribution in [0.25, 0.3) is 0 Å². The summed E-state index contributed by atoms with van der Waals surface area (Å²) in [6, 6.07) is 3.61. The van der Waals surface area contributed by atoms with Gasteiger partial charge < -0.3 is 15.2 Å². The summed E-state index contributed by atoms with van der Waals surface area (Å²) >= 11 is 0. The van der Waals surface area contributed by atoms with Crippen LogP contribution >= 0.6 is 0 Å². The maximum Gasteiger partial charge on any atom is 0.243 e. The number of carbonyl (C=O) groups is 1. The number of unbranched alkanes of at least 4 members (excludes halogenated alkanes) is 1. The summed E-state index contributed by atoms with van der Waals surface area (Å²) in [5, 5.41) is 13.0. The lowest BCUT2D eigenvalue weighted by molar-refractivity contribution is -0.116. The van der Waals surface area contributed by atoms with Gasteiger partial charge in [0.25, 0.3) is 0 Å². The van der Waals surface area contributed by atoms with Gasteiger partial charge in [-0.3, -0.25) is 4.79 Å². The van der Waals surface area contributed by atoms with Gasteiger partial charge in [-0.15, -0.1) is 6.58 Å². The zero-order chi connectivity index (χ0) is 18.7. The minimum atomic E-state index is -0.0823. The Balaban J connectivity index is 2.62. The van der Waals surface area contributed by atoms with E-state index in [0.29, 0.717) is 43.0 Å². The van der Waals surface area contributed by atoms with Gasteiger partial charge in [-0.25, -0.2) is 0 Å². The smallest absolute Gasteiger partial charge is 0.243 e. The molecule has 4 heteroatoms. The molecule has 0 unspecified atom stereocenters. The van der Waals surface area contributed by atoms with Crippen molar-refractivity contribution in [3.8, 4) is 23.3 Å². The lowest BCUT2D eigenvalue weighted by Crippen LogP contribution is -2.25.